The number of nitrogens with zero attached hydrogens (tertiary/aromatic N) is 1. The van der Waals surface area contributed by atoms with Crippen molar-refractivity contribution < 1.29 is 9.21 Å². The van der Waals surface area contributed by atoms with Gasteiger partial charge in [-0.15, -0.1) is 0 Å². The second-order valence-electron chi connectivity index (χ2n) is 6.88. The number of rotatable bonds is 5. The van der Waals surface area contributed by atoms with Crippen LogP contribution >= 0.6 is 0 Å². The van der Waals surface area contributed by atoms with Crippen molar-refractivity contribution in [3.05, 3.63) is 24.2 Å². The normalized spacial score (nSPS) is 21.8. The van der Waals surface area contributed by atoms with E-state index in [0.717, 1.165) is 44.8 Å². The van der Waals surface area contributed by atoms with Crippen LogP contribution in [0.2, 0.25) is 0 Å². The van der Waals surface area contributed by atoms with Crippen LogP contribution in [0.25, 0.3) is 0 Å². The lowest BCUT2D eigenvalue weighted by Gasteiger charge is -2.31. The summed E-state index contributed by atoms with van der Waals surface area (Å²) in [7, 11) is 0. The van der Waals surface area contributed by atoms with Crippen molar-refractivity contribution >= 4 is 5.91 Å². The average Bonchev–Trinajstić information content (AvgIpc) is 3.08. The first kappa shape index (κ1) is 15.6. The molecule has 0 unspecified atom stereocenters. The van der Waals surface area contributed by atoms with E-state index < -0.39 is 0 Å². The monoisotopic (exact) mass is 304 g/mol. The van der Waals surface area contributed by atoms with E-state index in [1.165, 1.54) is 32.1 Å². The molecule has 0 bridgehead atoms. The quantitative estimate of drug-likeness (QED) is 0.908. The van der Waals surface area contributed by atoms with E-state index in [1.54, 1.807) is 6.26 Å². The van der Waals surface area contributed by atoms with Crippen molar-refractivity contribution in [1.82, 2.24) is 10.2 Å². The molecule has 1 N–H and O–H groups in total. The van der Waals surface area contributed by atoms with Gasteiger partial charge in [0, 0.05) is 12.5 Å². The summed E-state index contributed by atoms with van der Waals surface area (Å²) in [6.45, 7) is 3.98. The highest BCUT2D eigenvalue weighted by Crippen LogP contribution is 2.24. The topological polar surface area (TPSA) is 45.5 Å². The largest absolute Gasteiger partial charge is 0.468 e. The van der Waals surface area contributed by atoms with Crippen LogP contribution in [0.1, 0.15) is 50.7 Å². The smallest absolute Gasteiger partial charge is 0.223 e. The highest BCUT2D eigenvalue weighted by molar-refractivity contribution is 5.78. The minimum absolute atomic E-state index is 0.285. The van der Waals surface area contributed by atoms with Crippen LogP contribution in [0.3, 0.4) is 0 Å². The summed E-state index contributed by atoms with van der Waals surface area (Å²) >= 11 is 0. The molecule has 1 saturated carbocycles. The number of hydrogen-bond donors (Lipinski definition) is 1. The second kappa shape index (κ2) is 7.82. The van der Waals surface area contributed by atoms with E-state index >= 15 is 0 Å². The zero-order chi connectivity index (χ0) is 15.2. The van der Waals surface area contributed by atoms with E-state index in [9.17, 15) is 4.79 Å². The summed E-state index contributed by atoms with van der Waals surface area (Å²) in [5.41, 5.74) is 0. The molecule has 3 rings (SSSR count). The maximum atomic E-state index is 12.2. The van der Waals surface area contributed by atoms with Gasteiger partial charge < -0.3 is 9.73 Å². The van der Waals surface area contributed by atoms with Crippen LogP contribution < -0.4 is 5.32 Å². The summed E-state index contributed by atoms with van der Waals surface area (Å²) in [5, 5.41) is 3.21. The van der Waals surface area contributed by atoms with Gasteiger partial charge in [-0.25, -0.2) is 0 Å². The standard InChI is InChI=1S/C18H28N2O2/c21-18(16-5-2-1-3-6-16)19-13-15-8-10-20(11-9-15)14-17-7-4-12-22-17/h4,7,12,15-16H,1-3,5-6,8-11,13-14H2,(H,19,21). The number of piperidine rings is 1. The van der Waals surface area contributed by atoms with Gasteiger partial charge in [0.1, 0.15) is 5.76 Å². The van der Waals surface area contributed by atoms with Crippen LogP contribution in [0.5, 0.6) is 0 Å². The molecule has 4 nitrogen and oxygen atoms in total. The lowest BCUT2D eigenvalue weighted by atomic mass is 9.88. The Labute approximate surface area is 133 Å². The molecule has 0 aromatic carbocycles. The summed E-state index contributed by atoms with van der Waals surface area (Å²) in [5.74, 6) is 2.27. The molecule has 1 aromatic rings. The Morgan fingerprint density at radius 1 is 1.18 bits per heavy atom. The minimum Gasteiger partial charge on any atom is -0.468 e. The third-order valence-electron chi connectivity index (χ3n) is 5.21. The number of amides is 1. The van der Waals surface area contributed by atoms with Crippen LogP contribution in [-0.2, 0) is 11.3 Å². The van der Waals surface area contributed by atoms with Crippen molar-refractivity contribution in [2.45, 2.75) is 51.5 Å². The molecule has 122 valence electrons. The molecule has 1 saturated heterocycles. The molecule has 4 heteroatoms. The number of carbonyl (C=O) groups excluding carboxylic acids is 1. The highest BCUT2D eigenvalue weighted by atomic mass is 16.3. The van der Waals surface area contributed by atoms with Gasteiger partial charge in [-0.05, 0) is 56.8 Å². The van der Waals surface area contributed by atoms with Crippen molar-refractivity contribution in [1.29, 1.82) is 0 Å². The first-order chi connectivity index (χ1) is 10.8. The second-order valence-corrected chi connectivity index (χ2v) is 6.88. The fourth-order valence-corrected chi connectivity index (χ4v) is 3.73. The lowest BCUT2D eigenvalue weighted by Crippen LogP contribution is -2.40. The first-order valence-electron chi connectivity index (χ1n) is 8.83. The zero-order valence-corrected chi connectivity index (χ0v) is 13.4. The van der Waals surface area contributed by atoms with Gasteiger partial charge in [0.2, 0.25) is 5.91 Å². The number of hydrogen-bond acceptors (Lipinski definition) is 3. The average molecular weight is 304 g/mol. The Balaban J connectivity index is 1.34. The van der Waals surface area contributed by atoms with Gasteiger partial charge in [0.25, 0.3) is 0 Å². The SMILES string of the molecule is O=C(NCC1CCN(Cc2ccco2)CC1)C1CCCCC1. The van der Waals surface area contributed by atoms with Crippen molar-refractivity contribution in [3.8, 4) is 0 Å². The lowest BCUT2D eigenvalue weighted by molar-refractivity contribution is -0.126. The molecule has 1 amide bonds. The molecule has 1 aliphatic heterocycles. The Morgan fingerprint density at radius 3 is 2.64 bits per heavy atom. The molecular formula is C18H28N2O2. The molecular weight excluding hydrogens is 276 g/mol. The van der Waals surface area contributed by atoms with Gasteiger partial charge >= 0.3 is 0 Å². The third kappa shape index (κ3) is 4.35. The third-order valence-corrected chi connectivity index (χ3v) is 5.21. The van der Waals surface area contributed by atoms with Crippen LogP contribution in [0, 0.1) is 11.8 Å². The van der Waals surface area contributed by atoms with E-state index in [2.05, 4.69) is 10.2 Å². The Hall–Kier alpha value is -1.29. The molecule has 22 heavy (non-hydrogen) atoms. The summed E-state index contributed by atoms with van der Waals surface area (Å²) in [6.07, 6.45) is 10.0. The van der Waals surface area contributed by atoms with Crippen LogP contribution in [0.15, 0.2) is 22.8 Å². The molecule has 1 aromatic heterocycles. The van der Waals surface area contributed by atoms with Gasteiger partial charge in [0.05, 0.1) is 12.8 Å². The van der Waals surface area contributed by atoms with Crippen LogP contribution in [0.4, 0.5) is 0 Å². The highest BCUT2D eigenvalue weighted by Gasteiger charge is 2.23. The number of furan rings is 1. The van der Waals surface area contributed by atoms with Crippen molar-refractivity contribution in [2.75, 3.05) is 19.6 Å². The van der Waals surface area contributed by atoms with Crippen LogP contribution in [-0.4, -0.2) is 30.4 Å². The van der Waals surface area contributed by atoms with E-state index in [-0.39, 0.29) is 5.92 Å². The predicted octanol–water partition coefficient (Wildman–Crippen LogP) is 3.19. The molecule has 0 radical (unpaired) electrons. The summed E-state index contributed by atoms with van der Waals surface area (Å²) < 4.78 is 5.41. The Bertz CT molecular complexity index is 444. The number of likely N-dealkylation sites (tertiary alicyclic amines) is 1. The van der Waals surface area contributed by atoms with E-state index in [0.29, 0.717) is 11.8 Å². The summed E-state index contributed by atoms with van der Waals surface area (Å²) in [4.78, 5) is 14.6. The number of carbonyl (C=O) groups is 1. The first-order valence-corrected chi connectivity index (χ1v) is 8.83. The molecule has 2 fully saturated rings. The van der Waals surface area contributed by atoms with E-state index in [1.807, 2.05) is 12.1 Å². The summed E-state index contributed by atoms with van der Waals surface area (Å²) in [6, 6.07) is 3.99. The fraction of sp³-hybridized carbons (Fsp3) is 0.722. The zero-order valence-electron chi connectivity index (χ0n) is 13.4. The van der Waals surface area contributed by atoms with Gasteiger partial charge in [0.15, 0.2) is 0 Å². The van der Waals surface area contributed by atoms with Gasteiger partial charge in [-0.2, -0.15) is 0 Å². The molecule has 0 spiro atoms. The molecule has 2 aliphatic rings. The Kier molecular flexibility index (Phi) is 5.54. The maximum absolute atomic E-state index is 12.2. The predicted molar refractivity (Wildman–Crippen MR) is 86.3 cm³/mol. The Morgan fingerprint density at radius 2 is 1.95 bits per heavy atom. The fourth-order valence-electron chi connectivity index (χ4n) is 3.73. The molecule has 0 atom stereocenters. The molecule has 2 heterocycles. The minimum atomic E-state index is 0.285. The number of nitrogens with one attached hydrogen (secondary N) is 1. The maximum Gasteiger partial charge on any atom is 0.223 e. The van der Waals surface area contributed by atoms with Gasteiger partial charge in [-0.3, -0.25) is 9.69 Å². The van der Waals surface area contributed by atoms with Gasteiger partial charge in [-0.1, -0.05) is 19.3 Å². The van der Waals surface area contributed by atoms with E-state index in [4.69, 9.17) is 4.42 Å². The van der Waals surface area contributed by atoms with Crippen molar-refractivity contribution in [3.63, 3.8) is 0 Å². The molecule has 1 aliphatic carbocycles. The van der Waals surface area contributed by atoms with Crippen molar-refractivity contribution in [2.24, 2.45) is 11.8 Å².